The Hall–Kier alpha value is -3.57. The molecule has 3 aromatic carbocycles. The zero-order valence-corrected chi connectivity index (χ0v) is 16.5. The smallest absolute Gasteiger partial charge is 0.249 e. The second kappa shape index (κ2) is 7.04. The molecule has 0 atom stereocenters. The molecule has 6 heteroatoms. The van der Waals surface area contributed by atoms with Crippen LogP contribution in [0.2, 0.25) is 5.02 Å². The molecule has 0 aliphatic carbocycles. The van der Waals surface area contributed by atoms with Gasteiger partial charge < -0.3 is 14.7 Å². The number of fused-ring (bicyclic) bond motifs is 3. The van der Waals surface area contributed by atoms with Gasteiger partial charge in [0.15, 0.2) is 0 Å². The predicted molar refractivity (Wildman–Crippen MR) is 116 cm³/mol. The van der Waals surface area contributed by atoms with Gasteiger partial charge >= 0.3 is 0 Å². The number of benzene rings is 3. The highest BCUT2D eigenvalue weighted by atomic mass is 35.5. The molecule has 0 aliphatic rings. The number of nitrogens with two attached hydrogens (primary N) is 1. The van der Waals surface area contributed by atoms with Crippen molar-refractivity contribution in [3.63, 3.8) is 0 Å². The monoisotopic (exact) mass is 418 g/mol. The summed E-state index contributed by atoms with van der Waals surface area (Å²) < 4.78 is 22.2. The number of rotatable bonds is 4. The minimum Gasteiger partial charge on any atom is -0.464 e. The van der Waals surface area contributed by atoms with Crippen LogP contribution in [0, 0.1) is 5.82 Å². The highest BCUT2D eigenvalue weighted by Crippen LogP contribution is 2.35. The zero-order valence-electron chi connectivity index (χ0n) is 15.7. The highest BCUT2D eigenvalue weighted by molar-refractivity contribution is 6.30. The number of hydrogen-bond donors (Lipinski definition) is 1. The normalized spacial score (nSPS) is 11.4. The van der Waals surface area contributed by atoms with Crippen molar-refractivity contribution in [1.29, 1.82) is 0 Å². The van der Waals surface area contributed by atoms with Gasteiger partial charge in [-0.3, -0.25) is 4.79 Å². The number of furan rings is 1. The topological polar surface area (TPSA) is 61.2 Å². The fourth-order valence-electron chi connectivity index (χ4n) is 3.96. The number of nitrogens with zero attached hydrogens (tertiary/aromatic N) is 1. The molecule has 5 rings (SSSR count). The van der Waals surface area contributed by atoms with E-state index in [-0.39, 0.29) is 11.6 Å². The summed E-state index contributed by atoms with van der Waals surface area (Å²) in [6.07, 6.45) is 1.61. The first-order valence-electron chi connectivity index (χ1n) is 9.36. The van der Waals surface area contributed by atoms with E-state index in [0.29, 0.717) is 11.1 Å². The van der Waals surface area contributed by atoms with Crippen molar-refractivity contribution in [1.82, 2.24) is 4.57 Å². The third kappa shape index (κ3) is 2.86. The van der Waals surface area contributed by atoms with Crippen molar-refractivity contribution >= 4 is 39.3 Å². The van der Waals surface area contributed by atoms with E-state index >= 15 is 0 Å². The first-order chi connectivity index (χ1) is 14.5. The molecular formula is C24H16ClFN2O2. The van der Waals surface area contributed by atoms with Crippen LogP contribution >= 0.6 is 11.6 Å². The lowest BCUT2D eigenvalue weighted by atomic mass is 10.0. The van der Waals surface area contributed by atoms with Crippen LogP contribution in [0.1, 0.15) is 15.9 Å². The fourth-order valence-corrected chi connectivity index (χ4v) is 4.15. The van der Waals surface area contributed by atoms with E-state index in [0.717, 1.165) is 33.1 Å². The van der Waals surface area contributed by atoms with Gasteiger partial charge in [0.2, 0.25) is 5.91 Å². The molecule has 0 fully saturated rings. The Balaban J connectivity index is 1.83. The molecular weight excluding hydrogens is 403 g/mol. The predicted octanol–water partition coefficient (Wildman–Crippen LogP) is 5.99. The van der Waals surface area contributed by atoms with Crippen LogP contribution in [0.3, 0.4) is 0 Å². The third-order valence-corrected chi connectivity index (χ3v) is 5.61. The van der Waals surface area contributed by atoms with Crippen molar-refractivity contribution in [2.24, 2.45) is 5.73 Å². The second-order valence-corrected chi connectivity index (χ2v) is 7.48. The van der Waals surface area contributed by atoms with E-state index in [1.54, 1.807) is 30.5 Å². The van der Waals surface area contributed by atoms with Gasteiger partial charge in [0, 0.05) is 27.5 Å². The average molecular weight is 419 g/mol. The van der Waals surface area contributed by atoms with Gasteiger partial charge in [0.25, 0.3) is 0 Å². The number of hydrogen-bond acceptors (Lipinski definition) is 2. The number of halogens is 2. The Morgan fingerprint density at radius 1 is 1.03 bits per heavy atom. The summed E-state index contributed by atoms with van der Waals surface area (Å²) in [5, 5.41) is 1.67. The summed E-state index contributed by atoms with van der Waals surface area (Å²) in [6.45, 7) is 0.246. The molecule has 0 aliphatic heterocycles. The Bertz CT molecular complexity index is 1420. The lowest BCUT2D eigenvalue weighted by molar-refractivity contribution is 0.100. The van der Waals surface area contributed by atoms with E-state index in [2.05, 4.69) is 0 Å². The third-order valence-electron chi connectivity index (χ3n) is 5.32. The summed E-state index contributed by atoms with van der Waals surface area (Å²) >= 11 is 5.99. The van der Waals surface area contributed by atoms with E-state index in [1.807, 2.05) is 41.0 Å². The van der Waals surface area contributed by atoms with Crippen molar-refractivity contribution in [3.8, 4) is 11.3 Å². The molecule has 5 aromatic rings. The molecule has 0 saturated carbocycles. The maximum absolute atomic E-state index is 14.7. The quantitative estimate of drug-likeness (QED) is 0.389. The largest absolute Gasteiger partial charge is 0.464 e. The van der Waals surface area contributed by atoms with Crippen LogP contribution in [0.25, 0.3) is 33.1 Å². The zero-order chi connectivity index (χ0) is 20.8. The molecule has 0 saturated heterocycles. The Labute approximate surface area is 176 Å². The van der Waals surface area contributed by atoms with Crippen LogP contribution < -0.4 is 5.73 Å². The lowest BCUT2D eigenvalue weighted by Crippen LogP contribution is -2.11. The van der Waals surface area contributed by atoms with Crippen molar-refractivity contribution < 1.29 is 13.6 Å². The van der Waals surface area contributed by atoms with Gasteiger partial charge in [-0.15, -0.1) is 0 Å². The van der Waals surface area contributed by atoms with E-state index in [4.69, 9.17) is 21.8 Å². The molecule has 1 amide bonds. The second-order valence-electron chi connectivity index (χ2n) is 7.07. The maximum Gasteiger partial charge on any atom is 0.249 e. The van der Waals surface area contributed by atoms with Crippen molar-refractivity contribution in [3.05, 3.63) is 95.0 Å². The van der Waals surface area contributed by atoms with Crippen LogP contribution in [-0.4, -0.2) is 10.5 Å². The number of amides is 1. The molecule has 0 radical (unpaired) electrons. The Morgan fingerprint density at radius 2 is 1.87 bits per heavy atom. The van der Waals surface area contributed by atoms with E-state index in [1.165, 1.54) is 6.07 Å². The number of carbonyl (C=O) groups excluding carboxylic acids is 1. The van der Waals surface area contributed by atoms with E-state index < -0.39 is 11.7 Å². The summed E-state index contributed by atoms with van der Waals surface area (Å²) in [4.78, 5) is 12.1. The maximum atomic E-state index is 14.7. The molecule has 2 aromatic heterocycles. The fraction of sp³-hybridized carbons (Fsp3) is 0.0417. The van der Waals surface area contributed by atoms with Gasteiger partial charge in [-0.2, -0.15) is 0 Å². The SMILES string of the molecule is NC(=O)c1cccc2c1c1ccc(-c3ccco3)cc1n2Cc1cccc(Cl)c1F. The van der Waals surface area contributed by atoms with Gasteiger partial charge in [-0.05, 0) is 36.4 Å². The van der Waals surface area contributed by atoms with Crippen LogP contribution in [-0.2, 0) is 6.54 Å². The summed E-state index contributed by atoms with van der Waals surface area (Å²) in [5.74, 6) is -0.246. The molecule has 2 heterocycles. The molecule has 2 N–H and O–H groups in total. The Morgan fingerprint density at radius 3 is 2.63 bits per heavy atom. The lowest BCUT2D eigenvalue weighted by Gasteiger charge is -2.10. The molecule has 30 heavy (non-hydrogen) atoms. The minimum atomic E-state index is -0.510. The number of carbonyl (C=O) groups is 1. The van der Waals surface area contributed by atoms with Gasteiger partial charge in [0.1, 0.15) is 11.6 Å². The standard InChI is InChI=1S/C24H16ClFN2O2/c25-18-6-1-4-15(23(18)26)13-28-19-7-2-5-17(24(27)29)22(19)16-10-9-14(12-20(16)28)21-8-3-11-30-21/h1-12H,13H2,(H2,27,29). The van der Waals surface area contributed by atoms with Crippen LogP contribution in [0.4, 0.5) is 4.39 Å². The van der Waals surface area contributed by atoms with E-state index in [9.17, 15) is 9.18 Å². The molecule has 0 spiro atoms. The summed E-state index contributed by atoms with van der Waals surface area (Å²) in [6, 6.07) is 19.9. The first kappa shape index (κ1) is 18.5. The summed E-state index contributed by atoms with van der Waals surface area (Å²) in [5.41, 5.74) is 9.03. The average Bonchev–Trinajstić information content (AvgIpc) is 3.38. The highest BCUT2D eigenvalue weighted by Gasteiger charge is 2.18. The van der Waals surface area contributed by atoms with Crippen molar-refractivity contribution in [2.75, 3.05) is 0 Å². The van der Waals surface area contributed by atoms with Gasteiger partial charge in [-0.25, -0.2) is 4.39 Å². The molecule has 0 unspecified atom stereocenters. The van der Waals surface area contributed by atoms with Gasteiger partial charge in [-0.1, -0.05) is 41.9 Å². The number of aromatic nitrogens is 1. The minimum absolute atomic E-state index is 0.0716. The number of primary amides is 1. The summed E-state index contributed by atoms with van der Waals surface area (Å²) in [7, 11) is 0. The molecule has 148 valence electrons. The van der Waals surface area contributed by atoms with Crippen LogP contribution in [0.15, 0.2) is 77.4 Å². The Kier molecular flexibility index (Phi) is 4.33. The van der Waals surface area contributed by atoms with Crippen molar-refractivity contribution in [2.45, 2.75) is 6.54 Å². The van der Waals surface area contributed by atoms with Crippen LogP contribution in [0.5, 0.6) is 0 Å². The molecule has 0 bridgehead atoms. The molecule has 4 nitrogen and oxygen atoms in total. The van der Waals surface area contributed by atoms with Gasteiger partial charge in [0.05, 0.1) is 28.9 Å². The first-order valence-corrected chi connectivity index (χ1v) is 9.74.